The molecule has 1 heterocycles. The molecule has 1 aliphatic rings. The highest BCUT2D eigenvalue weighted by molar-refractivity contribution is 6.18. The predicted octanol–water partition coefficient (Wildman–Crippen LogP) is 7.15. The number of ether oxygens (including phenoxy) is 2. The maximum absolute atomic E-state index is 6.31. The fourth-order valence-electron chi connectivity index (χ4n) is 4.70. The molecule has 0 atom stereocenters. The summed E-state index contributed by atoms with van der Waals surface area (Å²) < 4.78 is 11.8. The first-order valence-corrected chi connectivity index (χ1v) is 12.8. The van der Waals surface area contributed by atoms with Gasteiger partial charge in [0.2, 0.25) is 0 Å². The summed E-state index contributed by atoms with van der Waals surface area (Å²) in [6.07, 6.45) is 4.71. The van der Waals surface area contributed by atoms with Crippen LogP contribution in [-0.2, 0) is 0 Å². The van der Waals surface area contributed by atoms with Crippen LogP contribution in [-0.4, -0.2) is 44.1 Å². The van der Waals surface area contributed by atoms with Gasteiger partial charge in [-0.15, -0.1) is 11.6 Å². The number of methoxy groups -OCH3 is 1. The number of nitrogens with zero attached hydrogens (tertiary/aromatic N) is 1. The zero-order valence-electron chi connectivity index (χ0n) is 20.0. The second-order valence-corrected chi connectivity index (χ2v) is 9.01. The van der Waals surface area contributed by atoms with Crippen molar-refractivity contribution in [1.29, 1.82) is 0 Å². The molecule has 1 saturated heterocycles. The Labute approximate surface area is 209 Å². The summed E-state index contributed by atoms with van der Waals surface area (Å²) in [5.74, 6) is 2.29. The SMILES string of the molecule is COc1ccccc1/C(CCCl)=C(/c1ccccc1)c1ccc(OCCN2CCCCC2)cc1. The molecule has 4 heteroatoms. The Kier molecular flexibility index (Phi) is 9.06. The third-order valence-electron chi connectivity index (χ3n) is 6.41. The van der Waals surface area contributed by atoms with E-state index < -0.39 is 0 Å². The predicted molar refractivity (Wildman–Crippen MR) is 143 cm³/mol. The van der Waals surface area contributed by atoms with E-state index in [-0.39, 0.29) is 0 Å². The molecule has 0 amide bonds. The number of likely N-dealkylation sites (tertiary alicyclic amines) is 1. The van der Waals surface area contributed by atoms with Crippen LogP contribution in [0, 0.1) is 0 Å². The molecule has 1 aliphatic heterocycles. The number of piperidine rings is 1. The number of hydrogen-bond donors (Lipinski definition) is 0. The van der Waals surface area contributed by atoms with E-state index in [2.05, 4.69) is 59.5 Å². The minimum Gasteiger partial charge on any atom is -0.496 e. The zero-order chi connectivity index (χ0) is 23.6. The maximum atomic E-state index is 6.31. The highest BCUT2D eigenvalue weighted by Crippen LogP contribution is 2.38. The van der Waals surface area contributed by atoms with E-state index in [9.17, 15) is 0 Å². The van der Waals surface area contributed by atoms with Gasteiger partial charge < -0.3 is 9.47 Å². The molecular weight excluding hydrogens is 442 g/mol. The van der Waals surface area contributed by atoms with E-state index in [1.54, 1.807) is 7.11 Å². The van der Waals surface area contributed by atoms with E-state index in [1.807, 2.05) is 24.3 Å². The molecule has 3 aromatic carbocycles. The average Bonchev–Trinajstić information content (AvgIpc) is 2.90. The summed E-state index contributed by atoms with van der Waals surface area (Å²) in [6, 6.07) is 27.1. The molecule has 0 radical (unpaired) electrons. The molecule has 0 unspecified atom stereocenters. The summed E-state index contributed by atoms with van der Waals surface area (Å²) in [5, 5.41) is 0. The fraction of sp³-hybridized carbons (Fsp3) is 0.333. The molecular formula is C30H34ClNO2. The van der Waals surface area contributed by atoms with Gasteiger partial charge in [-0.2, -0.15) is 0 Å². The average molecular weight is 476 g/mol. The van der Waals surface area contributed by atoms with Crippen LogP contribution in [0.25, 0.3) is 11.1 Å². The van der Waals surface area contributed by atoms with Crippen LogP contribution in [0.4, 0.5) is 0 Å². The van der Waals surface area contributed by atoms with Crippen molar-refractivity contribution in [3.05, 3.63) is 95.6 Å². The summed E-state index contributed by atoms with van der Waals surface area (Å²) in [6.45, 7) is 4.10. The van der Waals surface area contributed by atoms with E-state index in [0.717, 1.165) is 47.8 Å². The third kappa shape index (κ3) is 6.22. The molecule has 0 N–H and O–H groups in total. The second kappa shape index (κ2) is 12.6. The van der Waals surface area contributed by atoms with Crippen molar-refractivity contribution >= 4 is 22.7 Å². The Bertz CT molecular complexity index is 1060. The summed E-state index contributed by atoms with van der Waals surface area (Å²) >= 11 is 6.31. The molecule has 0 spiro atoms. The van der Waals surface area contributed by atoms with Crippen molar-refractivity contribution in [3.63, 3.8) is 0 Å². The van der Waals surface area contributed by atoms with Gasteiger partial charge in [-0.05, 0) is 72.8 Å². The van der Waals surface area contributed by atoms with Crippen molar-refractivity contribution < 1.29 is 9.47 Å². The maximum Gasteiger partial charge on any atom is 0.126 e. The molecule has 3 aromatic rings. The fourth-order valence-corrected chi connectivity index (χ4v) is 4.89. The molecule has 0 saturated carbocycles. The van der Waals surface area contributed by atoms with E-state index in [1.165, 1.54) is 43.5 Å². The number of benzene rings is 3. The zero-order valence-corrected chi connectivity index (χ0v) is 20.8. The highest BCUT2D eigenvalue weighted by atomic mass is 35.5. The van der Waals surface area contributed by atoms with Gasteiger partial charge in [0, 0.05) is 18.0 Å². The number of rotatable bonds is 10. The van der Waals surface area contributed by atoms with Gasteiger partial charge in [0.15, 0.2) is 0 Å². The van der Waals surface area contributed by atoms with Gasteiger partial charge in [0.05, 0.1) is 7.11 Å². The van der Waals surface area contributed by atoms with E-state index in [4.69, 9.17) is 21.1 Å². The van der Waals surface area contributed by atoms with Crippen LogP contribution >= 0.6 is 11.6 Å². The van der Waals surface area contributed by atoms with Gasteiger partial charge in [-0.3, -0.25) is 4.90 Å². The van der Waals surface area contributed by atoms with E-state index >= 15 is 0 Å². The summed E-state index contributed by atoms with van der Waals surface area (Å²) in [4.78, 5) is 2.50. The van der Waals surface area contributed by atoms with Crippen molar-refractivity contribution in [2.24, 2.45) is 0 Å². The lowest BCUT2D eigenvalue weighted by Gasteiger charge is -2.26. The molecule has 0 aromatic heterocycles. The van der Waals surface area contributed by atoms with Gasteiger partial charge in [0.1, 0.15) is 18.1 Å². The molecule has 0 aliphatic carbocycles. The lowest BCUT2D eigenvalue weighted by atomic mass is 9.88. The molecule has 34 heavy (non-hydrogen) atoms. The van der Waals surface area contributed by atoms with Crippen LogP contribution in [0.3, 0.4) is 0 Å². The number of hydrogen-bond acceptors (Lipinski definition) is 3. The monoisotopic (exact) mass is 475 g/mol. The van der Waals surface area contributed by atoms with Gasteiger partial charge in [-0.25, -0.2) is 0 Å². The standard InChI is InChI=1S/C30H34ClNO2/c1-33-29-13-7-6-12-27(29)28(18-19-31)30(24-10-4-2-5-11-24)25-14-16-26(17-15-25)34-23-22-32-20-8-3-9-21-32/h2,4-7,10-17H,3,8-9,18-23H2,1H3/b30-28-. The molecule has 178 valence electrons. The normalized spacial score (nSPS) is 15.0. The van der Waals surface area contributed by atoms with Crippen LogP contribution in [0.1, 0.15) is 42.4 Å². The minimum atomic E-state index is 0.529. The summed E-state index contributed by atoms with van der Waals surface area (Å²) in [7, 11) is 1.72. The largest absolute Gasteiger partial charge is 0.496 e. The van der Waals surface area contributed by atoms with Crippen molar-refractivity contribution in [2.45, 2.75) is 25.7 Å². The number of allylic oxidation sites excluding steroid dienone is 1. The summed E-state index contributed by atoms with van der Waals surface area (Å²) in [5.41, 5.74) is 5.72. The Hall–Kier alpha value is -2.75. The van der Waals surface area contributed by atoms with Crippen LogP contribution in [0.2, 0.25) is 0 Å². The van der Waals surface area contributed by atoms with Crippen LogP contribution in [0.5, 0.6) is 11.5 Å². The quantitative estimate of drug-likeness (QED) is 0.229. The first-order chi connectivity index (χ1) is 16.8. The Morgan fingerprint density at radius 2 is 1.50 bits per heavy atom. The lowest BCUT2D eigenvalue weighted by molar-refractivity contribution is 0.183. The number of halogens is 1. The van der Waals surface area contributed by atoms with Crippen molar-refractivity contribution in [2.75, 3.05) is 39.2 Å². The van der Waals surface area contributed by atoms with Gasteiger partial charge >= 0.3 is 0 Å². The Morgan fingerprint density at radius 3 is 2.21 bits per heavy atom. The smallest absolute Gasteiger partial charge is 0.126 e. The first-order valence-electron chi connectivity index (χ1n) is 12.2. The Morgan fingerprint density at radius 1 is 0.824 bits per heavy atom. The van der Waals surface area contributed by atoms with Gasteiger partial charge in [0.25, 0.3) is 0 Å². The second-order valence-electron chi connectivity index (χ2n) is 8.63. The van der Waals surface area contributed by atoms with Crippen LogP contribution < -0.4 is 9.47 Å². The topological polar surface area (TPSA) is 21.7 Å². The highest BCUT2D eigenvalue weighted by Gasteiger charge is 2.17. The lowest BCUT2D eigenvalue weighted by Crippen LogP contribution is -2.33. The first kappa shape index (κ1) is 24.4. The number of alkyl halides is 1. The molecule has 1 fully saturated rings. The van der Waals surface area contributed by atoms with Crippen molar-refractivity contribution in [1.82, 2.24) is 4.90 Å². The van der Waals surface area contributed by atoms with Crippen LogP contribution in [0.15, 0.2) is 78.9 Å². The van der Waals surface area contributed by atoms with Crippen molar-refractivity contribution in [3.8, 4) is 11.5 Å². The van der Waals surface area contributed by atoms with E-state index in [0.29, 0.717) is 5.88 Å². The molecule has 3 nitrogen and oxygen atoms in total. The number of para-hydroxylation sites is 1. The molecule has 0 bridgehead atoms. The van der Waals surface area contributed by atoms with Gasteiger partial charge in [-0.1, -0.05) is 67.1 Å². The molecule has 4 rings (SSSR count). The minimum absolute atomic E-state index is 0.529. The third-order valence-corrected chi connectivity index (χ3v) is 6.60. The Balaban J connectivity index is 1.64.